The molecule has 3 aromatic rings. The zero-order valence-electron chi connectivity index (χ0n) is 18.0. The van der Waals surface area contributed by atoms with Crippen molar-refractivity contribution >= 4 is 17.3 Å². The van der Waals surface area contributed by atoms with Gasteiger partial charge in [-0.05, 0) is 42.3 Å². The van der Waals surface area contributed by atoms with Gasteiger partial charge in [0.05, 0.1) is 37.6 Å². The Hall–Kier alpha value is -3.48. The summed E-state index contributed by atoms with van der Waals surface area (Å²) in [6, 6.07) is 16.4. The first-order valence-electron chi connectivity index (χ1n) is 10.9. The van der Waals surface area contributed by atoms with E-state index in [0.29, 0.717) is 44.0 Å². The Morgan fingerprint density at radius 3 is 2.81 bits per heavy atom. The number of piperazine rings is 1. The average molecular weight is 435 g/mol. The van der Waals surface area contributed by atoms with Crippen LogP contribution in [0.4, 0.5) is 15.8 Å². The van der Waals surface area contributed by atoms with Crippen molar-refractivity contribution in [3.8, 4) is 5.75 Å². The summed E-state index contributed by atoms with van der Waals surface area (Å²) in [5.74, 6) is 0.985. The second kappa shape index (κ2) is 8.57. The van der Waals surface area contributed by atoms with Crippen molar-refractivity contribution < 1.29 is 18.3 Å². The van der Waals surface area contributed by atoms with E-state index in [9.17, 15) is 9.18 Å². The Bertz CT molecular complexity index is 1100. The minimum absolute atomic E-state index is 0.0201. The Kier molecular flexibility index (Phi) is 5.47. The molecule has 166 valence electrons. The summed E-state index contributed by atoms with van der Waals surface area (Å²) in [4.78, 5) is 17.6. The van der Waals surface area contributed by atoms with E-state index in [4.69, 9.17) is 9.15 Å². The van der Waals surface area contributed by atoms with Crippen LogP contribution in [0.2, 0.25) is 0 Å². The van der Waals surface area contributed by atoms with Gasteiger partial charge in [0.25, 0.3) is 0 Å². The van der Waals surface area contributed by atoms with E-state index < -0.39 is 0 Å². The lowest BCUT2D eigenvalue weighted by Crippen LogP contribution is -2.61. The van der Waals surface area contributed by atoms with E-state index in [2.05, 4.69) is 15.1 Å². The molecule has 1 aromatic heterocycles. The van der Waals surface area contributed by atoms with E-state index in [1.165, 1.54) is 6.07 Å². The van der Waals surface area contributed by atoms with Gasteiger partial charge in [0.15, 0.2) is 0 Å². The fourth-order valence-corrected chi connectivity index (χ4v) is 4.85. The number of nitrogens with one attached hydrogen (secondary N) is 1. The zero-order valence-corrected chi connectivity index (χ0v) is 18.0. The Labute approximate surface area is 186 Å². The van der Waals surface area contributed by atoms with E-state index in [0.717, 1.165) is 17.0 Å². The van der Waals surface area contributed by atoms with E-state index in [-0.39, 0.29) is 23.7 Å². The number of amides is 1. The molecule has 6 nitrogen and oxygen atoms in total. The SMILES string of the molecule is COc1ccc2c(c1)N1CCN(c3ccccc3F)CC1C(C(=O)NCc1ccco1)C2. The van der Waals surface area contributed by atoms with Crippen molar-refractivity contribution in [1.82, 2.24) is 5.32 Å². The first kappa shape index (κ1) is 20.4. The predicted octanol–water partition coefficient (Wildman–Crippen LogP) is 3.61. The largest absolute Gasteiger partial charge is 0.497 e. The molecule has 7 heteroatoms. The highest BCUT2D eigenvalue weighted by Crippen LogP contribution is 2.39. The van der Waals surface area contributed by atoms with Gasteiger partial charge in [0.2, 0.25) is 5.91 Å². The van der Waals surface area contributed by atoms with Crippen molar-refractivity contribution in [2.24, 2.45) is 5.92 Å². The summed E-state index contributed by atoms with van der Waals surface area (Å²) < 4.78 is 25.3. The van der Waals surface area contributed by atoms with Crippen LogP contribution in [0.3, 0.4) is 0 Å². The molecule has 32 heavy (non-hydrogen) atoms. The van der Waals surface area contributed by atoms with Crippen LogP contribution in [-0.2, 0) is 17.8 Å². The number of nitrogens with zero attached hydrogens (tertiary/aromatic N) is 2. The molecule has 0 aliphatic carbocycles. The van der Waals surface area contributed by atoms with Gasteiger partial charge in [-0.3, -0.25) is 4.79 Å². The minimum Gasteiger partial charge on any atom is -0.497 e. The standard InChI is InChI=1S/C25H26FN3O3/c1-31-18-9-8-17-13-20(25(30)27-15-19-5-4-12-32-19)24-16-28(10-11-29(24)23(17)14-18)22-7-3-2-6-21(22)26/h2-9,12,14,20,24H,10-11,13,15-16H2,1H3,(H,27,30). The van der Waals surface area contributed by atoms with Crippen molar-refractivity contribution in [2.45, 2.75) is 19.0 Å². The van der Waals surface area contributed by atoms with Gasteiger partial charge < -0.3 is 24.3 Å². The molecule has 2 atom stereocenters. The van der Waals surface area contributed by atoms with Crippen LogP contribution >= 0.6 is 0 Å². The van der Waals surface area contributed by atoms with Gasteiger partial charge in [-0.2, -0.15) is 0 Å². The summed E-state index contributed by atoms with van der Waals surface area (Å²) in [7, 11) is 1.66. The molecule has 0 saturated carbocycles. The quantitative estimate of drug-likeness (QED) is 0.664. The monoisotopic (exact) mass is 435 g/mol. The van der Waals surface area contributed by atoms with Gasteiger partial charge >= 0.3 is 0 Å². The first-order chi connectivity index (χ1) is 15.6. The maximum absolute atomic E-state index is 14.5. The molecule has 0 spiro atoms. The molecule has 1 N–H and O–H groups in total. The Balaban J connectivity index is 1.44. The highest BCUT2D eigenvalue weighted by molar-refractivity contribution is 5.82. The molecule has 1 fully saturated rings. The average Bonchev–Trinajstić information content (AvgIpc) is 3.35. The number of anilines is 2. The van der Waals surface area contributed by atoms with Crippen LogP contribution in [0.15, 0.2) is 65.3 Å². The first-order valence-corrected chi connectivity index (χ1v) is 10.9. The number of fused-ring (bicyclic) bond motifs is 3. The molecule has 2 aliphatic rings. The topological polar surface area (TPSA) is 58.0 Å². The molecule has 3 heterocycles. The maximum Gasteiger partial charge on any atom is 0.225 e. The van der Waals surface area contributed by atoms with Crippen LogP contribution < -0.4 is 19.9 Å². The highest BCUT2D eigenvalue weighted by Gasteiger charge is 2.42. The minimum atomic E-state index is -0.263. The van der Waals surface area contributed by atoms with Crippen molar-refractivity contribution in [3.05, 3.63) is 78.0 Å². The van der Waals surface area contributed by atoms with Crippen molar-refractivity contribution in [2.75, 3.05) is 36.5 Å². The summed E-state index contributed by atoms with van der Waals surface area (Å²) >= 11 is 0. The second-order valence-corrected chi connectivity index (χ2v) is 8.26. The molecule has 2 unspecified atom stereocenters. The number of methoxy groups -OCH3 is 1. The molecule has 1 saturated heterocycles. The molecule has 2 aromatic carbocycles. The number of hydrogen-bond acceptors (Lipinski definition) is 5. The number of rotatable bonds is 5. The van der Waals surface area contributed by atoms with Gasteiger partial charge in [-0.25, -0.2) is 4.39 Å². The molecular weight excluding hydrogens is 409 g/mol. The molecule has 2 aliphatic heterocycles. The van der Waals surface area contributed by atoms with Crippen LogP contribution in [0.25, 0.3) is 0 Å². The molecule has 5 rings (SSSR count). The van der Waals surface area contributed by atoms with Crippen molar-refractivity contribution in [3.63, 3.8) is 0 Å². The number of carbonyl (C=O) groups excluding carboxylic acids is 1. The van der Waals surface area contributed by atoms with Gasteiger partial charge in [0.1, 0.15) is 17.3 Å². The third kappa shape index (κ3) is 3.79. The van der Waals surface area contributed by atoms with Crippen LogP contribution in [0.5, 0.6) is 5.75 Å². The number of benzene rings is 2. The van der Waals surface area contributed by atoms with E-state index in [1.54, 1.807) is 31.6 Å². The predicted molar refractivity (Wildman–Crippen MR) is 120 cm³/mol. The van der Waals surface area contributed by atoms with E-state index >= 15 is 0 Å². The van der Waals surface area contributed by atoms with Crippen LogP contribution in [0, 0.1) is 11.7 Å². The molecule has 1 amide bonds. The summed E-state index contributed by atoms with van der Waals surface area (Å²) in [6.45, 7) is 2.29. The second-order valence-electron chi connectivity index (χ2n) is 8.26. The Morgan fingerprint density at radius 2 is 2.03 bits per heavy atom. The molecule has 0 bridgehead atoms. The van der Waals surface area contributed by atoms with Gasteiger partial charge in [0, 0.05) is 31.4 Å². The summed E-state index contributed by atoms with van der Waals surface area (Å²) in [6.07, 6.45) is 2.22. The third-order valence-electron chi connectivity index (χ3n) is 6.47. The molecular formula is C25H26FN3O3. The fourth-order valence-electron chi connectivity index (χ4n) is 4.85. The summed E-state index contributed by atoms with van der Waals surface area (Å²) in [5, 5.41) is 3.03. The van der Waals surface area contributed by atoms with Crippen molar-refractivity contribution in [1.29, 1.82) is 0 Å². The number of ether oxygens (including phenoxy) is 1. The maximum atomic E-state index is 14.5. The number of furan rings is 1. The zero-order chi connectivity index (χ0) is 22.1. The van der Waals surface area contributed by atoms with Gasteiger partial charge in [-0.15, -0.1) is 0 Å². The fraction of sp³-hybridized carbons (Fsp3) is 0.320. The Morgan fingerprint density at radius 1 is 1.16 bits per heavy atom. The summed E-state index contributed by atoms with van der Waals surface area (Å²) in [5.41, 5.74) is 2.80. The number of para-hydroxylation sites is 1. The number of halogens is 1. The lowest BCUT2D eigenvalue weighted by Gasteiger charge is -2.49. The van der Waals surface area contributed by atoms with Gasteiger partial charge in [-0.1, -0.05) is 18.2 Å². The molecule has 0 radical (unpaired) electrons. The highest BCUT2D eigenvalue weighted by atomic mass is 19.1. The van der Waals surface area contributed by atoms with Crippen LogP contribution in [-0.4, -0.2) is 38.7 Å². The van der Waals surface area contributed by atoms with Crippen LogP contribution in [0.1, 0.15) is 11.3 Å². The number of hydrogen-bond donors (Lipinski definition) is 1. The third-order valence-corrected chi connectivity index (χ3v) is 6.47. The lowest BCUT2D eigenvalue weighted by atomic mass is 9.83. The lowest BCUT2D eigenvalue weighted by molar-refractivity contribution is -0.126. The smallest absolute Gasteiger partial charge is 0.225 e. The normalized spacial score (nSPS) is 19.8. The van der Waals surface area contributed by atoms with E-state index in [1.807, 2.05) is 30.3 Å². The number of carbonyl (C=O) groups is 1.